The molecule has 0 aliphatic carbocycles. The zero-order chi connectivity index (χ0) is 20.5. The maximum Gasteiger partial charge on any atom is 0.337 e. The van der Waals surface area contributed by atoms with Gasteiger partial charge in [0.2, 0.25) is 0 Å². The fourth-order valence-electron chi connectivity index (χ4n) is 3.03. The molecule has 0 amide bonds. The van der Waals surface area contributed by atoms with Crippen molar-refractivity contribution >= 4 is 35.1 Å². The van der Waals surface area contributed by atoms with E-state index < -0.39 is 23.5 Å². The van der Waals surface area contributed by atoms with Crippen molar-refractivity contribution < 1.29 is 19.1 Å². The standard InChI is InChI=1S/C20H23Cl2NO4/c1-10-14(18(24)26-6)16(12-8-7-9-13(21)17(12)22)15(11(2)23-10)19(25)27-20(3,4)5/h7-9,16,23H,1-6H3. The molecule has 1 aromatic carbocycles. The van der Waals surface area contributed by atoms with Gasteiger partial charge in [-0.2, -0.15) is 0 Å². The van der Waals surface area contributed by atoms with Gasteiger partial charge in [-0.3, -0.25) is 0 Å². The minimum absolute atomic E-state index is 0.272. The van der Waals surface area contributed by atoms with E-state index in [-0.39, 0.29) is 10.6 Å². The second-order valence-electron chi connectivity index (χ2n) is 7.27. The van der Waals surface area contributed by atoms with E-state index in [2.05, 4.69) is 5.32 Å². The zero-order valence-electron chi connectivity index (χ0n) is 16.2. The smallest absolute Gasteiger partial charge is 0.337 e. The van der Waals surface area contributed by atoms with Gasteiger partial charge < -0.3 is 14.8 Å². The predicted octanol–water partition coefficient (Wildman–Crippen LogP) is 4.74. The number of hydrogen-bond donors (Lipinski definition) is 1. The van der Waals surface area contributed by atoms with Gasteiger partial charge in [-0.1, -0.05) is 35.3 Å². The summed E-state index contributed by atoms with van der Waals surface area (Å²) in [4.78, 5) is 25.5. The van der Waals surface area contributed by atoms with Crippen LogP contribution in [0.1, 0.15) is 46.1 Å². The summed E-state index contributed by atoms with van der Waals surface area (Å²) in [5.41, 5.74) is 1.57. The average molecular weight is 412 g/mol. The third-order valence-corrected chi connectivity index (χ3v) is 4.91. The summed E-state index contributed by atoms with van der Waals surface area (Å²) in [6.07, 6.45) is 0. The molecule has 0 saturated carbocycles. The average Bonchev–Trinajstić information content (AvgIpc) is 2.54. The molecule has 1 atom stereocenters. The lowest BCUT2D eigenvalue weighted by atomic mass is 9.80. The predicted molar refractivity (Wildman–Crippen MR) is 106 cm³/mol. The van der Waals surface area contributed by atoms with Crippen molar-refractivity contribution in [1.29, 1.82) is 0 Å². The second kappa shape index (κ2) is 7.95. The maximum atomic E-state index is 13.0. The summed E-state index contributed by atoms with van der Waals surface area (Å²) in [5, 5.41) is 3.68. The lowest BCUT2D eigenvalue weighted by Gasteiger charge is -2.32. The molecule has 0 aromatic heterocycles. The zero-order valence-corrected chi connectivity index (χ0v) is 17.7. The Bertz CT molecular complexity index is 850. The topological polar surface area (TPSA) is 64.6 Å². The Morgan fingerprint density at radius 1 is 1.04 bits per heavy atom. The van der Waals surface area contributed by atoms with Crippen molar-refractivity contribution in [3.05, 3.63) is 56.3 Å². The van der Waals surface area contributed by atoms with Crippen LogP contribution in [0.3, 0.4) is 0 Å². The van der Waals surface area contributed by atoms with Gasteiger partial charge in [0.1, 0.15) is 5.60 Å². The molecule has 1 N–H and O–H groups in total. The third-order valence-electron chi connectivity index (χ3n) is 4.08. The fraction of sp³-hybridized carbons (Fsp3) is 0.400. The van der Waals surface area contributed by atoms with Gasteiger partial charge in [-0.15, -0.1) is 0 Å². The van der Waals surface area contributed by atoms with Crippen molar-refractivity contribution in [2.75, 3.05) is 7.11 Å². The minimum atomic E-state index is -0.764. The first kappa shape index (κ1) is 21.3. The Kier molecular flexibility index (Phi) is 6.28. The Labute approximate surface area is 169 Å². The Balaban J connectivity index is 2.73. The number of halogens is 2. The number of benzene rings is 1. The molecule has 1 aliphatic rings. The van der Waals surface area contributed by atoms with Crippen LogP contribution < -0.4 is 5.32 Å². The highest BCUT2D eigenvalue weighted by molar-refractivity contribution is 6.42. The molecule has 1 aromatic rings. The lowest BCUT2D eigenvalue weighted by Crippen LogP contribution is -2.34. The van der Waals surface area contributed by atoms with Gasteiger partial charge in [0.05, 0.1) is 34.2 Å². The van der Waals surface area contributed by atoms with Crippen LogP contribution in [0, 0.1) is 0 Å². The molecule has 146 valence electrons. The molecule has 0 spiro atoms. The van der Waals surface area contributed by atoms with Crippen molar-refractivity contribution in [2.45, 2.75) is 46.1 Å². The largest absolute Gasteiger partial charge is 0.466 e. The summed E-state index contributed by atoms with van der Waals surface area (Å²) < 4.78 is 10.5. The number of carbonyl (C=O) groups is 2. The maximum absolute atomic E-state index is 13.0. The van der Waals surface area contributed by atoms with Crippen LogP contribution in [0.15, 0.2) is 40.7 Å². The van der Waals surface area contributed by atoms with Crippen LogP contribution in [-0.4, -0.2) is 24.6 Å². The molecule has 0 bridgehead atoms. The first-order valence-electron chi connectivity index (χ1n) is 8.42. The Morgan fingerprint density at radius 2 is 1.59 bits per heavy atom. The molecular formula is C20H23Cl2NO4. The molecule has 1 heterocycles. The van der Waals surface area contributed by atoms with Crippen LogP contribution in [-0.2, 0) is 19.1 Å². The monoisotopic (exact) mass is 411 g/mol. The van der Waals surface area contributed by atoms with E-state index >= 15 is 0 Å². The van der Waals surface area contributed by atoms with Crippen molar-refractivity contribution in [1.82, 2.24) is 5.32 Å². The molecule has 0 radical (unpaired) electrons. The van der Waals surface area contributed by atoms with Gasteiger partial charge >= 0.3 is 11.9 Å². The van der Waals surface area contributed by atoms with E-state index in [0.717, 1.165) is 0 Å². The summed E-state index contributed by atoms with van der Waals surface area (Å²) in [6, 6.07) is 5.10. The summed E-state index contributed by atoms with van der Waals surface area (Å²) in [5.74, 6) is -1.86. The normalized spacial score (nSPS) is 17.6. The van der Waals surface area contributed by atoms with Gasteiger partial charge in [0.25, 0.3) is 0 Å². The van der Waals surface area contributed by atoms with E-state index in [1.807, 2.05) is 0 Å². The quantitative estimate of drug-likeness (QED) is 0.727. The number of rotatable bonds is 3. The second-order valence-corrected chi connectivity index (χ2v) is 8.06. The van der Waals surface area contributed by atoms with Gasteiger partial charge in [-0.05, 0) is 46.2 Å². The number of methoxy groups -OCH3 is 1. The van der Waals surface area contributed by atoms with E-state index in [1.54, 1.807) is 52.8 Å². The first-order chi connectivity index (χ1) is 12.5. The number of ether oxygens (including phenoxy) is 2. The van der Waals surface area contributed by atoms with E-state index in [4.69, 9.17) is 32.7 Å². The molecule has 7 heteroatoms. The van der Waals surface area contributed by atoms with Crippen LogP contribution in [0.4, 0.5) is 0 Å². The first-order valence-corrected chi connectivity index (χ1v) is 9.17. The van der Waals surface area contributed by atoms with Crippen molar-refractivity contribution in [3.8, 4) is 0 Å². The molecular weight excluding hydrogens is 389 g/mol. The molecule has 5 nitrogen and oxygen atoms in total. The molecule has 0 fully saturated rings. The lowest BCUT2D eigenvalue weighted by molar-refractivity contribution is -0.150. The molecule has 1 unspecified atom stereocenters. The van der Waals surface area contributed by atoms with Crippen molar-refractivity contribution in [2.24, 2.45) is 0 Å². The summed E-state index contributed by atoms with van der Waals surface area (Å²) in [6.45, 7) is 8.83. The fourth-order valence-corrected chi connectivity index (χ4v) is 3.45. The highest BCUT2D eigenvalue weighted by Gasteiger charge is 2.39. The van der Waals surface area contributed by atoms with E-state index in [9.17, 15) is 9.59 Å². The number of dihydropyridines is 1. The summed E-state index contributed by atoms with van der Waals surface area (Å²) >= 11 is 12.6. The Morgan fingerprint density at radius 3 is 2.11 bits per heavy atom. The molecule has 2 rings (SSSR count). The van der Waals surface area contributed by atoms with E-state index in [0.29, 0.717) is 27.6 Å². The molecule has 27 heavy (non-hydrogen) atoms. The third kappa shape index (κ3) is 4.47. The van der Waals surface area contributed by atoms with Crippen molar-refractivity contribution in [3.63, 3.8) is 0 Å². The van der Waals surface area contributed by atoms with Crippen LogP contribution in [0.5, 0.6) is 0 Å². The van der Waals surface area contributed by atoms with Crippen LogP contribution in [0.25, 0.3) is 0 Å². The number of nitrogens with one attached hydrogen (secondary N) is 1. The molecule has 0 saturated heterocycles. The minimum Gasteiger partial charge on any atom is -0.466 e. The highest BCUT2D eigenvalue weighted by Crippen LogP contribution is 2.43. The van der Waals surface area contributed by atoms with E-state index in [1.165, 1.54) is 7.11 Å². The molecule has 1 aliphatic heterocycles. The number of carbonyl (C=O) groups excluding carboxylic acids is 2. The van der Waals surface area contributed by atoms with Gasteiger partial charge in [0.15, 0.2) is 0 Å². The Hall–Kier alpha value is -1.98. The number of esters is 2. The number of allylic oxidation sites excluding steroid dienone is 2. The number of hydrogen-bond acceptors (Lipinski definition) is 5. The van der Waals surface area contributed by atoms with Gasteiger partial charge in [-0.25, -0.2) is 9.59 Å². The van der Waals surface area contributed by atoms with Crippen LogP contribution >= 0.6 is 23.2 Å². The van der Waals surface area contributed by atoms with Gasteiger partial charge in [0, 0.05) is 11.4 Å². The van der Waals surface area contributed by atoms with Crippen LogP contribution in [0.2, 0.25) is 10.0 Å². The SMILES string of the molecule is COC(=O)C1=C(C)NC(C)=C(C(=O)OC(C)(C)C)C1c1cccc(Cl)c1Cl. The summed E-state index contributed by atoms with van der Waals surface area (Å²) in [7, 11) is 1.29. The highest BCUT2D eigenvalue weighted by atomic mass is 35.5.